The number of phenols is 1. The van der Waals surface area contributed by atoms with Crippen LogP contribution in [0.25, 0.3) is 10.9 Å². The molecule has 32 heavy (non-hydrogen) atoms. The summed E-state index contributed by atoms with van der Waals surface area (Å²) in [5, 5.41) is 22.3. The molecule has 3 N–H and O–H groups in total. The highest BCUT2D eigenvalue weighted by molar-refractivity contribution is 6.01. The van der Waals surface area contributed by atoms with Crippen molar-refractivity contribution in [1.82, 2.24) is 20.4 Å². The van der Waals surface area contributed by atoms with Crippen LogP contribution < -0.4 is 10.2 Å². The Labute approximate surface area is 188 Å². The Hall–Kier alpha value is -3.06. The van der Waals surface area contributed by atoms with Crippen molar-refractivity contribution in [3.8, 4) is 5.75 Å². The molecule has 2 aliphatic heterocycles. The van der Waals surface area contributed by atoms with Gasteiger partial charge in [-0.1, -0.05) is 19.9 Å². The van der Waals surface area contributed by atoms with Crippen molar-refractivity contribution in [2.24, 2.45) is 5.92 Å². The Kier molecular flexibility index (Phi) is 5.51. The maximum absolute atomic E-state index is 13.4. The van der Waals surface area contributed by atoms with Gasteiger partial charge in [-0.25, -0.2) is 0 Å². The normalized spacial score (nSPS) is 16.2. The van der Waals surface area contributed by atoms with Crippen molar-refractivity contribution in [2.75, 3.05) is 31.1 Å². The molecule has 1 saturated heterocycles. The predicted molar refractivity (Wildman–Crippen MR) is 126 cm³/mol. The number of rotatable bonds is 5. The van der Waals surface area contributed by atoms with E-state index in [1.807, 2.05) is 4.90 Å². The first kappa shape index (κ1) is 20.8. The lowest BCUT2D eigenvalue weighted by Crippen LogP contribution is -2.43. The monoisotopic (exact) mass is 433 g/mol. The van der Waals surface area contributed by atoms with E-state index in [1.54, 1.807) is 12.1 Å². The summed E-state index contributed by atoms with van der Waals surface area (Å²) < 4.78 is 0. The molecule has 0 aliphatic carbocycles. The molecule has 0 unspecified atom stereocenters. The Morgan fingerprint density at radius 3 is 2.69 bits per heavy atom. The lowest BCUT2D eigenvalue weighted by atomic mass is 10.0. The number of hydrogen-bond donors (Lipinski definition) is 3. The van der Waals surface area contributed by atoms with Crippen LogP contribution in [0, 0.1) is 5.92 Å². The molecule has 0 atom stereocenters. The molecule has 2 aliphatic rings. The van der Waals surface area contributed by atoms with E-state index in [2.05, 4.69) is 52.5 Å². The summed E-state index contributed by atoms with van der Waals surface area (Å²) in [5.41, 5.74) is 5.66. The van der Waals surface area contributed by atoms with Crippen LogP contribution in [0.1, 0.15) is 47.4 Å². The first-order valence-electron chi connectivity index (χ1n) is 11.6. The fourth-order valence-corrected chi connectivity index (χ4v) is 4.71. The van der Waals surface area contributed by atoms with Gasteiger partial charge in [0.2, 0.25) is 0 Å². The number of aromatic amines is 1. The molecule has 0 radical (unpaired) electrons. The summed E-state index contributed by atoms with van der Waals surface area (Å²) in [7, 11) is 0. The van der Waals surface area contributed by atoms with Crippen molar-refractivity contribution >= 4 is 22.5 Å². The van der Waals surface area contributed by atoms with Crippen LogP contribution in [0.2, 0.25) is 0 Å². The van der Waals surface area contributed by atoms with E-state index in [0.29, 0.717) is 24.6 Å². The minimum Gasteiger partial charge on any atom is -0.507 e. The minimum atomic E-state index is -0.139. The Morgan fingerprint density at radius 1 is 1.12 bits per heavy atom. The number of H-pyrrole nitrogens is 1. The highest BCUT2D eigenvalue weighted by Gasteiger charge is 2.27. The number of aryl methyl sites for hydroxylation is 1. The number of nitrogens with zero attached hydrogens (tertiary/aromatic N) is 3. The lowest BCUT2D eigenvalue weighted by Gasteiger charge is -2.29. The highest BCUT2D eigenvalue weighted by atomic mass is 16.3. The third kappa shape index (κ3) is 3.93. The van der Waals surface area contributed by atoms with E-state index in [-0.39, 0.29) is 11.7 Å². The number of fused-ring (bicyclic) bond motifs is 2. The van der Waals surface area contributed by atoms with E-state index in [9.17, 15) is 9.90 Å². The fraction of sp³-hybridized carbons (Fsp3) is 0.440. The number of phenolic OH excluding ortho intramolecular Hbond substituents is 1. The van der Waals surface area contributed by atoms with Crippen LogP contribution in [0.3, 0.4) is 0 Å². The number of hydrogen-bond acceptors (Lipinski definition) is 5. The second-order valence-corrected chi connectivity index (χ2v) is 9.37. The molecular weight excluding hydrogens is 402 g/mol. The number of anilines is 1. The van der Waals surface area contributed by atoms with Gasteiger partial charge in [0.25, 0.3) is 5.91 Å². The lowest BCUT2D eigenvalue weighted by molar-refractivity contribution is 0.0748. The van der Waals surface area contributed by atoms with Gasteiger partial charge in [0.15, 0.2) is 0 Å². The number of aromatic nitrogens is 2. The molecule has 7 heteroatoms. The van der Waals surface area contributed by atoms with Crippen LogP contribution >= 0.6 is 0 Å². The van der Waals surface area contributed by atoms with Gasteiger partial charge in [-0.3, -0.25) is 9.89 Å². The van der Waals surface area contributed by atoms with Crippen LogP contribution in [-0.2, 0) is 19.5 Å². The molecule has 1 amide bonds. The number of aromatic hydroxyl groups is 1. The van der Waals surface area contributed by atoms with Gasteiger partial charge in [-0.05, 0) is 48.1 Å². The quantitative estimate of drug-likeness (QED) is 0.574. The van der Waals surface area contributed by atoms with Gasteiger partial charge in [0.1, 0.15) is 5.75 Å². The maximum atomic E-state index is 13.4. The number of carbonyl (C=O) groups excluding carboxylic acids is 1. The first-order valence-corrected chi connectivity index (χ1v) is 11.6. The van der Waals surface area contributed by atoms with E-state index >= 15 is 0 Å². The summed E-state index contributed by atoms with van der Waals surface area (Å²) in [6, 6.07) is 9.95. The molecule has 0 spiro atoms. The molecule has 0 bridgehead atoms. The summed E-state index contributed by atoms with van der Waals surface area (Å²) in [4.78, 5) is 17.6. The topological polar surface area (TPSA) is 84.5 Å². The standard InChI is InChI=1S/C25H31N5O2/c1-16(2)3-6-22-20-12-21(24(31)13-23(20)28-27-22)25(32)30-14-17-4-5-19(11-18(17)15-30)29-9-7-26-8-10-29/h4-5,11-13,16,26,31H,3,6-10,14-15H2,1-2H3,(H,27,28). The van der Waals surface area contributed by atoms with Crippen molar-refractivity contribution in [3.05, 3.63) is 52.7 Å². The average molecular weight is 434 g/mol. The van der Waals surface area contributed by atoms with E-state index < -0.39 is 0 Å². The van der Waals surface area contributed by atoms with E-state index in [1.165, 1.54) is 16.8 Å². The third-order valence-corrected chi connectivity index (χ3v) is 6.63. The van der Waals surface area contributed by atoms with Gasteiger partial charge >= 0.3 is 0 Å². The van der Waals surface area contributed by atoms with Crippen LogP contribution in [-0.4, -0.2) is 52.3 Å². The molecule has 0 saturated carbocycles. The van der Waals surface area contributed by atoms with Crippen LogP contribution in [0.4, 0.5) is 5.69 Å². The Morgan fingerprint density at radius 2 is 1.91 bits per heavy atom. The number of amides is 1. The predicted octanol–water partition coefficient (Wildman–Crippen LogP) is 3.42. The van der Waals surface area contributed by atoms with E-state index in [0.717, 1.165) is 55.6 Å². The molecule has 3 aromatic rings. The summed E-state index contributed by atoms with van der Waals surface area (Å²) in [6.07, 6.45) is 1.88. The third-order valence-electron chi connectivity index (χ3n) is 6.63. The van der Waals surface area contributed by atoms with Crippen molar-refractivity contribution in [2.45, 2.75) is 39.8 Å². The number of carbonyl (C=O) groups is 1. The Bertz CT molecular complexity index is 1150. The molecule has 1 fully saturated rings. The molecular formula is C25H31N5O2. The summed E-state index contributed by atoms with van der Waals surface area (Å²) >= 11 is 0. The number of nitrogens with one attached hydrogen (secondary N) is 2. The van der Waals surface area contributed by atoms with Crippen molar-refractivity contribution < 1.29 is 9.90 Å². The molecule has 7 nitrogen and oxygen atoms in total. The van der Waals surface area contributed by atoms with Gasteiger partial charge in [0.05, 0.1) is 16.8 Å². The SMILES string of the molecule is CC(C)CCc1n[nH]c2cc(O)c(C(=O)N3Cc4ccc(N5CCNCC5)cc4C3)cc12. The van der Waals surface area contributed by atoms with Crippen molar-refractivity contribution in [3.63, 3.8) is 0 Å². The van der Waals surface area contributed by atoms with Crippen LogP contribution in [0.5, 0.6) is 5.75 Å². The van der Waals surface area contributed by atoms with E-state index in [4.69, 9.17) is 0 Å². The van der Waals surface area contributed by atoms with Crippen molar-refractivity contribution in [1.29, 1.82) is 0 Å². The second kappa shape index (κ2) is 8.47. The molecule has 3 heterocycles. The van der Waals surface area contributed by atoms with Gasteiger partial charge in [-0.2, -0.15) is 5.10 Å². The summed E-state index contributed by atoms with van der Waals surface area (Å²) in [5.74, 6) is 0.438. The van der Waals surface area contributed by atoms with Gasteiger partial charge in [-0.15, -0.1) is 0 Å². The smallest absolute Gasteiger partial charge is 0.258 e. The fourth-order valence-electron chi connectivity index (χ4n) is 4.71. The zero-order valence-electron chi connectivity index (χ0n) is 18.8. The molecule has 168 valence electrons. The zero-order chi connectivity index (χ0) is 22.2. The maximum Gasteiger partial charge on any atom is 0.258 e. The first-order chi connectivity index (χ1) is 15.5. The molecule has 5 rings (SSSR count). The largest absolute Gasteiger partial charge is 0.507 e. The second-order valence-electron chi connectivity index (χ2n) is 9.37. The average Bonchev–Trinajstić information content (AvgIpc) is 3.40. The summed E-state index contributed by atoms with van der Waals surface area (Å²) in [6.45, 7) is 9.50. The number of benzene rings is 2. The zero-order valence-corrected chi connectivity index (χ0v) is 18.8. The molecule has 2 aromatic carbocycles. The van der Waals surface area contributed by atoms with Crippen LogP contribution in [0.15, 0.2) is 30.3 Å². The van der Waals surface area contributed by atoms with Gasteiger partial charge in [0, 0.05) is 56.4 Å². The van der Waals surface area contributed by atoms with Gasteiger partial charge < -0.3 is 20.2 Å². The number of piperazine rings is 1. The Balaban J connectivity index is 1.37. The highest BCUT2D eigenvalue weighted by Crippen LogP contribution is 2.32. The minimum absolute atomic E-state index is 0.000906. The molecule has 1 aromatic heterocycles.